The molecular weight excluding hydrogens is 330 g/mol. The second-order valence-corrected chi connectivity index (χ2v) is 6.67. The van der Waals surface area contributed by atoms with Gasteiger partial charge in [-0.2, -0.15) is 0 Å². The van der Waals surface area contributed by atoms with Crippen molar-refractivity contribution in [2.24, 2.45) is 0 Å². The zero-order valence-corrected chi connectivity index (χ0v) is 14.4. The van der Waals surface area contributed by atoms with E-state index in [9.17, 15) is 4.79 Å². The number of hydrogen-bond donors (Lipinski definition) is 1. The van der Waals surface area contributed by atoms with Gasteiger partial charge >= 0.3 is 5.97 Å². The van der Waals surface area contributed by atoms with Crippen LogP contribution in [0.3, 0.4) is 0 Å². The third kappa shape index (κ3) is 3.38. The highest BCUT2D eigenvalue weighted by atomic mass is 35.5. The number of aryl methyl sites for hydroxylation is 1. The molecule has 3 rings (SSSR count). The minimum absolute atomic E-state index is 0.337. The van der Waals surface area contributed by atoms with E-state index in [1.165, 1.54) is 17.3 Å². The standard InChI is InChI=1S/C18H16ClNO2S/c1-3-22-18(21)16-17(23-13-7-4-11(2)5-8-13)14-10-12(19)6-9-15(14)20-16/h4-10,20H,3H2,1-2H3. The second-order valence-electron chi connectivity index (χ2n) is 5.15. The lowest BCUT2D eigenvalue weighted by Gasteiger charge is -2.05. The SMILES string of the molecule is CCOC(=O)c1[nH]c2ccc(Cl)cc2c1Sc1ccc(C)cc1. The molecule has 1 heterocycles. The Morgan fingerprint density at radius 1 is 1.22 bits per heavy atom. The molecule has 0 fully saturated rings. The van der Waals surface area contributed by atoms with Crippen molar-refractivity contribution in [2.45, 2.75) is 23.6 Å². The first-order valence-electron chi connectivity index (χ1n) is 7.31. The molecular formula is C18H16ClNO2S. The van der Waals surface area contributed by atoms with Crippen LogP contribution in [0.25, 0.3) is 10.9 Å². The van der Waals surface area contributed by atoms with E-state index >= 15 is 0 Å². The number of halogens is 1. The van der Waals surface area contributed by atoms with Gasteiger partial charge < -0.3 is 9.72 Å². The average Bonchev–Trinajstić information content (AvgIpc) is 2.88. The normalized spacial score (nSPS) is 10.9. The first kappa shape index (κ1) is 16.0. The Kier molecular flexibility index (Phi) is 4.64. The van der Waals surface area contributed by atoms with Crippen LogP contribution in [0.15, 0.2) is 52.3 Å². The summed E-state index contributed by atoms with van der Waals surface area (Å²) in [5.41, 5.74) is 2.53. The average molecular weight is 346 g/mol. The van der Waals surface area contributed by atoms with Crippen molar-refractivity contribution >= 4 is 40.2 Å². The number of aromatic amines is 1. The summed E-state index contributed by atoms with van der Waals surface area (Å²) in [7, 11) is 0. The van der Waals surface area contributed by atoms with E-state index in [1.807, 2.05) is 43.3 Å². The van der Waals surface area contributed by atoms with Crippen LogP contribution in [0.5, 0.6) is 0 Å². The van der Waals surface area contributed by atoms with Crippen LogP contribution in [0.1, 0.15) is 23.0 Å². The molecule has 3 nitrogen and oxygen atoms in total. The summed E-state index contributed by atoms with van der Waals surface area (Å²) in [6.45, 7) is 4.18. The van der Waals surface area contributed by atoms with Crippen molar-refractivity contribution in [1.82, 2.24) is 4.98 Å². The third-order valence-corrected chi connectivity index (χ3v) is 4.80. The van der Waals surface area contributed by atoms with Gasteiger partial charge in [0.05, 0.1) is 11.5 Å². The molecule has 1 N–H and O–H groups in total. The molecule has 3 aromatic rings. The summed E-state index contributed by atoms with van der Waals surface area (Å²) in [6, 6.07) is 13.7. The van der Waals surface area contributed by atoms with Gasteiger partial charge in [0.15, 0.2) is 0 Å². The maximum atomic E-state index is 12.3. The van der Waals surface area contributed by atoms with Gasteiger partial charge in [0, 0.05) is 20.8 Å². The van der Waals surface area contributed by atoms with Crippen molar-refractivity contribution in [2.75, 3.05) is 6.61 Å². The molecule has 118 valence electrons. The van der Waals surface area contributed by atoms with Crippen LogP contribution in [0.4, 0.5) is 0 Å². The molecule has 0 saturated heterocycles. The van der Waals surface area contributed by atoms with Crippen LogP contribution in [0.2, 0.25) is 5.02 Å². The van der Waals surface area contributed by atoms with Crippen molar-refractivity contribution < 1.29 is 9.53 Å². The number of benzene rings is 2. The Morgan fingerprint density at radius 3 is 2.65 bits per heavy atom. The number of hydrogen-bond acceptors (Lipinski definition) is 3. The number of rotatable bonds is 4. The van der Waals surface area contributed by atoms with E-state index in [-0.39, 0.29) is 5.97 Å². The van der Waals surface area contributed by atoms with Crippen LogP contribution in [-0.4, -0.2) is 17.6 Å². The molecule has 0 aliphatic rings. The van der Waals surface area contributed by atoms with Crippen molar-refractivity contribution in [3.05, 3.63) is 58.7 Å². The monoisotopic (exact) mass is 345 g/mol. The summed E-state index contributed by atoms with van der Waals surface area (Å²) in [5, 5.41) is 1.56. The lowest BCUT2D eigenvalue weighted by atomic mass is 10.2. The number of esters is 1. The third-order valence-electron chi connectivity index (χ3n) is 3.43. The molecule has 0 bridgehead atoms. The van der Waals surface area contributed by atoms with Crippen molar-refractivity contribution in [3.8, 4) is 0 Å². The highest BCUT2D eigenvalue weighted by Crippen LogP contribution is 2.38. The van der Waals surface area contributed by atoms with Crippen LogP contribution in [0, 0.1) is 6.92 Å². The van der Waals surface area contributed by atoms with E-state index in [1.54, 1.807) is 13.0 Å². The van der Waals surface area contributed by atoms with Gasteiger partial charge in [-0.15, -0.1) is 0 Å². The summed E-state index contributed by atoms with van der Waals surface area (Å²) in [4.78, 5) is 17.3. The van der Waals surface area contributed by atoms with Crippen LogP contribution >= 0.6 is 23.4 Å². The number of nitrogens with one attached hydrogen (secondary N) is 1. The fourth-order valence-electron chi connectivity index (χ4n) is 2.32. The molecule has 0 aliphatic carbocycles. The molecule has 5 heteroatoms. The number of fused-ring (bicyclic) bond motifs is 1. The van der Waals surface area contributed by atoms with E-state index in [0.29, 0.717) is 17.3 Å². The van der Waals surface area contributed by atoms with Gasteiger partial charge in [-0.05, 0) is 44.2 Å². The number of carbonyl (C=O) groups is 1. The maximum absolute atomic E-state index is 12.3. The molecule has 23 heavy (non-hydrogen) atoms. The lowest BCUT2D eigenvalue weighted by Crippen LogP contribution is -2.06. The van der Waals surface area contributed by atoms with E-state index in [2.05, 4.69) is 4.98 Å². The van der Waals surface area contributed by atoms with Crippen LogP contribution in [-0.2, 0) is 4.74 Å². The topological polar surface area (TPSA) is 42.1 Å². The van der Waals surface area contributed by atoms with Crippen molar-refractivity contribution in [3.63, 3.8) is 0 Å². The fraction of sp³-hybridized carbons (Fsp3) is 0.167. The number of aromatic nitrogens is 1. The summed E-state index contributed by atoms with van der Waals surface area (Å²) in [6.07, 6.45) is 0. The smallest absolute Gasteiger partial charge is 0.355 e. The summed E-state index contributed by atoms with van der Waals surface area (Å²) < 4.78 is 5.17. The molecule has 0 spiro atoms. The lowest BCUT2D eigenvalue weighted by molar-refractivity contribution is 0.0516. The molecule has 2 aromatic carbocycles. The Hall–Kier alpha value is -1.91. The van der Waals surface area contributed by atoms with Crippen LogP contribution < -0.4 is 0 Å². The maximum Gasteiger partial charge on any atom is 0.355 e. The molecule has 0 atom stereocenters. The van der Waals surface area contributed by atoms with Gasteiger partial charge in [-0.25, -0.2) is 4.79 Å². The van der Waals surface area contributed by atoms with E-state index in [0.717, 1.165) is 20.7 Å². The molecule has 0 radical (unpaired) electrons. The molecule has 0 aliphatic heterocycles. The minimum Gasteiger partial charge on any atom is -0.461 e. The first-order valence-corrected chi connectivity index (χ1v) is 8.51. The predicted octanol–water partition coefficient (Wildman–Crippen LogP) is 5.46. The number of H-pyrrole nitrogens is 1. The fourth-order valence-corrected chi connectivity index (χ4v) is 3.51. The first-order chi connectivity index (χ1) is 11.1. The Labute approximate surface area is 144 Å². The summed E-state index contributed by atoms with van der Waals surface area (Å²) in [5.74, 6) is -0.352. The van der Waals surface area contributed by atoms with Crippen molar-refractivity contribution in [1.29, 1.82) is 0 Å². The number of carbonyl (C=O) groups excluding carboxylic acids is 1. The largest absolute Gasteiger partial charge is 0.461 e. The van der Waals surface area contributed by atoms with Gasteiger partial charge in [0.25, 0.3) is 0 Å². The second kappa shape index (κ2) is 6.69. The van der Waals surface area contributed by atoms with E-state index < -0.39 is 0 Å². The quantitative estimate of drug-likeness (QED) is 0.638. The van der Waals surface area contributed by atoms with Gasteiger partial charge in [0.1, 0.15) is 5.69 Å². The Balaban J connectivity index is 2.10. The zero-order chi connectivity index (χ0) is 16.4. The molecule has 1 aromatic heterocycles. The highest BCUT2D eigenvalue weighted by molar-refractivity contribution is 7.99. The predicted molar refractivity (Wildman–Crippen MR) is 94.6 cm³/mol. The molecule has 0 saturated carbocycles. The summed E-state index contributed by atoms with van der Waals surface area (Å²) >= 11 is 7.66. The van der Waals surface area contributed by atoms with Gasteiger partial charge in [-0.3, -0.25) is 0 Å². The molecule has 0 amide bonds. The minimum atomic E-state index is -0.352. The Bertz CT molecular complexity index is 855. The Morgan fingerprint density at radius 2 is 1.96 bits per heavy atom. The molecule has 0 unspecified atom stereocenters. The van der Waals surface area contributed by atoms with E-state index in [4.69, 9.17) is 16.3 Å². The van der Waals surface area contributed by atoms with Gasteiger partial charge in [0.2, 0.25) is 0 Å². The zero-order valence-electron chi connectivity index (χ0n) is 12.9. The number of ether oxygens (including phenoxy) is 1. The highest BCUT2D eigenvalue weighted by Gasteiger charge is 2.20. The van der Waals surface area contributed by atoms with Gasteiger partial charge in [-0.1, -0.05) is 41.1 Å².